The van der Waals surface area contributed by atoms with Crippen LogP contribution in [0.2, 0.25) is 0 Å². The first-order valence-corrected chi connectivity index (χ1v) is 7.09. The molecule has 20 heavy (non-hydrogen) atoms. The standard InChI is InChI=1S/C16H18N4/c1-2-5-14-12-7-4-3-6-11(12)13(8-17)15(20)16(14,9-18)10-19/h6,12,14H,2-5,7,20H2,1H3. The molecule has 0 radical (unpaired) electrons. The van der Waals surface area contributed by atoms with Crippen LogP contribution in [0.5, 0.6) is 0 Å². The number of fused-ring (bicyclic) bond motifs is 1. The van der Waals surface area contributed by atoms with Gasteiger partial charge >= 0.3 is 0 Å². The van der Waals surface area contributed by atoms with Gasteiger partial charge in [0.15, 0.2) is 5.41 Å². The van der Waals surface area contributed by atoms with Crippen molar-refractivity contribution in [1.29, 1.82) is 15.8 Å². The van der Waals surface area contributed by atoms with E-state index in [-0.39, 0.29) is 17.5 Å². The van der Waals surface area contributed by atoms with Gasteiger partial charge in [-0.3, -0.25) is 0 Å². The quantitative estimate of drug-likeness (QED) is 0.830. The fourth-order valence-corrected chi connectivity index (χ4v) is 3.63. The summed E-state index contributed by atoms with van der Waals surface area (Å²) in [6, 6.07) is 6.38. The van der Waals surface area contributed by atoms with E-state index in [1.54, 1.807) is 0 Å². The molecule has 2 aliphatic rings. The Morgan fingerprint density at radius 3 is 2.60 bits per heavy atom. The summed E-state index contributed by atoms with van der Waals surface area (Å²) in [6.07, 6.45) is 6.66. The highest BCUT2D eigenvalue weighted by Gasteiger charge is 2.52. The van der Waals surface area contributed by atoms with Crippen LogP contribution in [0.3, 0.4) is 0 Å². The van der Waals surface area contributed by atoms with Gasteiger partial charge in [-0.1, -0.05) is 19.4 Å². The van der Waals surface area contributed by atoms with Crippen molar-refractivity contribution in [2.45, 2.75) is 39.0 Å². The van der Waals surface area contributed by atoms with Crippen LogP contribution in [0.1, 0.15) is 39.0 Å². The van der Waals surface area contributed by atoms with Crippen molar-refractivity contribution >= 4 is 0 Å². The monoisotopic (exact) mass is 266 g/mol. The zero-order valence-electron chi connectivity index (χ0n) is 11.7. The highest BCUT2D eigenvalue weighted by molar-refractivity contribution is 5.56. The molecule has 0 heterocycles. The largest absolute Gasteiger partial charge is 0.399 e. The molecule has 2 N–H and O–H groups in total. The molecule has 0 saturated heterocycles. The van der Waals surface area contributed by atoms with E-state index in [1.165, 1.54) is 0 Å². The van der Waals surface area contributed by atoms with Gasteiger partial charge in [0.1, 0.15) is 6.07 Å². The van der Waals surface area contributed by atoms with Crippen molar-refractivity contribution in [3.63, 3.8) is 0 Å². The minimum absolute atomic E-state index is 0.105. The number of hydrogen-bond acceptors (Lipinski definition) is 4. The van der Waals surface area contributed by atoms with Crippen LogP contribution in [0.25, 0.3) is 0 Å². The van der Waals surface area contributed by atoms with E-state index in [0.29, 0.717) is 5.57 Å². The van der Waals surface area contributed by atoms with Crippen LogP contribution in [-0.4, -0.2) is 0 Å². The third-order valence-corrected chi connectivity index (χ3v) is 4.57. The van der Waals surface area contributed by atoms with Crippen LogP contribution in [0.4, 0.5) is 0 Å². The second kappa shape index (κ2) is 5.40. The lowest BCUT2D eigenvalue weighted by Crippen LogP contribution is -2.44. The fourth-order valence-electron chi connectivity index (χ4n) is 3.63. The van der Waals surface area contributed by atoms with Gasteiger partial charge in [-0.05, 0) is 37.2 Å². The normalized spacial score (nSPS) is 27.6. The summed E-state index contributed by atoms with van der Waals surface area (Å²) in [5.74, 6) is 0.0103. The predicted octanol–water partition coefficient (Wildman–Crippen LogP) is 2.91. The summed E-state index contributed by atoms with van der Waals surface area (Å²) in [7, 11) is 0. The van der Waals surface area contributed by atoms with Gasteiger partial charge in [0.05, 0.1) is 23.4 Å². The zero-order valence-corrected chi connectivity index (χ0v) is 11.7. The predicted molar refractivity (Wildman–Crippen MR) is 74.3 cm³/mol. The van der Waals surface area contributed by atoms with E-state index in [0.717, 1.165) is 37.7 Å². The van der Waals surface area contributed by atoms with Crippen LogP contribution in [0, 0.1) is 51.2 Å². The van der Waals surface area contributed by atoms with E-state index >= 15 is 0 Å². The lowest BCUT2D eigenvalue weighted by molar-refractivity contribution is 0.219. The summed E-state index contributed by atoms with van der Waals surface area (Å²) in [5.41, 5.74) is 6.24. The second-order valence-corrected chi connectivity index (χ2v) is 5.52. The molecule has 2 atom stereocenters. The van der Waals surface area contributed by atoms with Gasteiger partial charge in [0.2, 0.25) is 0 Å². The number of allylic oxidation sites excluding steroid dienone is 4. The Bertz CT molecular complexity index is 577. The molecule has 0 spiro atoms. The van der Waals surface area contributed by atoms with Crippen molar-refractivity contribution in [2.75, 3.05) is 0 Å². The number of rotatable bonds is 2. The third kappa shape index (κ3) is 1.79. The summed E-state index contributed by atoms with van der Waals surface area (Å²) < 4.78 is 0. The summed E-state index contributed by atoms with van der Waals surface area (Å²) in [6.45, 7) is 2.05. The second-order valence-electron chi connectivity index (χ2n) is 5.52. The van der Waals surface area contributed by atoms with Crippen molar-refractivity contribution in [3.05, 3.63) is 22.9 Å². The molecule has 0 aromatic heterocycles. The molecule has 0 aromatic carbocycles. The van der Waals surface area contributed by atoms with Gasteiger partial charge in [-0.2, -0.15) is 15.8 Å². The Kier molecular flexibility index (Phi) is 3.82. The lowest BCUT2D eigenvalue weighted by Gasteiger charge is -2.43. The summed E-state index contributed by atoms with van der Waals surface area (Å²) in [4.78, 5) is 0. The highest BCUT2D eigenvalue weighted by Crippen LogP contribution is 2.52. The van der Waals surface area contributed by atoms with E-state index in [9.17, 15) is 15.8 Å². The van der Waals surface area contributed by atoms with E-state index in [1.807, 2.05) is 6.92 Å². The van der Waals surface area contributed by atoms with E-state index in [2.05, 4.69) is 24.3 Å². The minimum atomic E-state index is -1.35. The summed E-state index contributed by atoms with van der Waals surface area (Å²) in [5, 5.41) is 28.6. The van der Waals surface area contributed by atoms with Crippen LogP contribution in [-0.2, 0) is 0 Å². The Morgan fingerprint density at radius 1 is 1.35 bits per heavy atom. The molecule has 2 aliphatic carbocycles. The molecule has 4 nitrogen and oxygen atoms in total. The number of nitrogens with zero attached hydrogens (tertiary/aromatic N) is 3. The molecular weight excluding hydrogens is 248 g/mol. The SMILES string of the molecule is CCCC1C2CCCC=C2C(C#N)=C(N)C1(C#N)C#N. The average Bonchev–Trinajstić information content (AvgIpc) is 2.49. The van der Waals surface area contributed by atoms with Crippen LogP contribution < -0.4 is 5.73 Å². The molecule has 2 rings (SSSR count). The highest BCUT2D eigenvalue weighted by atomic mass is 14.7. The molecule has 4 heteroatoms. The molecule has 0 bridgehead atoms. The van der Waals surface area contributed by atoms with Crippen molar-refractivity contribution in [2.24, 2.45) is 23.0 Å². The Morgan fingerprint density at radius 2 is 2.05 bits per heavy atom. The first-order chi connectivity index (χ1) is 9.66. The summed E-state index contributed by atoms with van der Waals surface area (Å²) >= 11 is 0. The number of hydrogen-bond donors (Lipinski definition) is 1. The maximum Gasteiger partial charge on any atom is 0.187 e. The molecule has 2 unspecified atom stereocenters. The maximum absolute atomic E-state index is 9.60. The van der Waals surface area contributed by atoms with Gasteiger partial charge in [0.25, 0.3) is 0 Å². The molecule has 0 saturated carbocycles. The third-order valence-electron chi connectivity index (χ3n) is 4.57. The number of nitrogens with two attached hydrogens (primary N) is 1. The topological polar surface area (TPSA) is 97.4 Å². The Balaban J connectivity index is 2.71. The number of nitriles is 3. The molecule has 0 aliphatic heterocycles. The zero-order chi connectivity index (χ0) is 14.8. The van der Waals surface area contributed by atoms with Crippen molar-refractivity contribution in [3.8, 4) is 18.2 Å². The Labute approximate surface area is 119 Å². The fraction of sp³-hybridized carbons (Fsp3) is 0.562. The first-order valence-electron chi connectivity index (χ1n) is 7.09. The molecule has 0 fully saturated rings. The van der Waals surface area contributed by atoms with E-state index < -0.39 is 5.41 Å². The maximum atomic E-state index is 9.60. The van der Waals surface area contributed by atoms with Crippen molar-refractivity contribution in [1.82, 2.24) is 0 Å². The molecular formula is C16H18N4. The van der Waals surface area contributed by atoms with E-state index in [4.69, 9.17) is 5.73 Å². The van der Waals surface area contributed by atoms with Gasteiger partial charge in [-0.25, -0.2) is 0 Å². The molecule has 0 amide bonds. The van der Waals surface area contributed by atoms with Crippen LogP contribution >= 0.6 is 0 Å². The van der Waals surface area contributed by atoms with Gasteiger partial charge in [-0.15, -0.1) is 0 Å². The Hall–Kier alpha value is -2.25. The lowest BCUT2D eigenvalue weighted by atomic mass is 9.57. The average molecular weight is 266 g/mol. The van der Waals surface area contributed by atoms with Gasteiger partial charge < -0.3 is 5.73 Å². The van der Waals surface area contributed by atoms with Crippen LogP contribution in [0.15, 0.2) is 22.9 Å². The molecule has 0 aromatic rings. The van der Waals surface area contributed by atoms with Crippen molar-refractivity contribution < 1.29 is 0 Å². The minimum Gasteiger partial charge on any atom is -0.399 e. The first kappa shape index (κ1) is 14.2. The molecule has 102 valence electrons. The smallest absolute Gasteiger partial charge is 0.187 e. The van der Waals surface area contributed by atoms with Gasteiger partial charge in [0, 0.05) is 5.92 Å².